The standard InChI is InChI=1S/C27H43BO2Si/c1-12-25(28-29-26(8,9)27(10,11)30-28)24(23-16-14-13-15-17-23)18-19-31(20(2)3,21(4)5)22(6)7/h13-17,20-22H,12H2,1-11H3/b25-24+. The molecule has 1 aliphatic rings. The first-order chi connectivity index (χ1) is 14.3. The van der Waals surface area contributed by atoms with Crippen molar-refractivity contribution < 1.29 is 9.31 Å². The van der Waals surface area contributed by atoms with E-state index in [1.165, 1.54) is 0 Å². The molecule has 0 saturated carbocycles. The normalized spacial score (nSPS) is 19.0. The Labute approximate surface area is 193 Å². The van der Waals surface area contributed by atoms with Crippen molar-refractivity contribution in [1.29, 1.82) is 0 Å². The van der Waals surface area contributed by atoms with E-state index in [1.807, 2.05) is 0 Å². The number of hydrogen-bond donors (Lipinski definition) is 0. The molecule has 0 unspecified atom stereocenters. The van der Waals surface area contributed by atoms with Crippen LogP contribution in [0.25, 0.3) is 5.57 Å². The molecule has 31 heavy (non-hydrogen) atoms. The van der Waals surface area contributed by atoms with Gasteiger partial charge < -0.3 is 9.31 Å². The minimum absolute atomic E-state index is 0.361. The van der Waals surface area contributed by atoms with Crippen molar-refractivity contribution in [3.05, 3.63) is 41.4 Å². The van der Waals surface area contributed by atoms with Crippen LogP contribution in [-0.2, 0) is 9.31 Å². The van der Waals surface area contributed by atoms with Crippen molar-refractivity contribution in [1.82, 2.24) is 0 Å². The Balaban J connectivity index is 2.72. The summed E-state index contributed by atoms with van der Waals surface area (Å²) >= 11 is 0. The van der Waals surface area contributed by atoms with E-state index in [4.69, 9.17) is 9.31 Å². The summed E-state index contributed by atoms with van der Waals surface area (Å²) in [5.74, 6) is 3.73. The third-order valence-corrected chi connectivity index (χ3v) is 13.9. The van der Waals surface area contributed by atoms with Crippen LogP contribution >= 0.6 is 0 Å². The monoisotopic (exact) mass is 438 g/mol. The maximum Gasteiger partial charge on any atom is 0.491 e. The zero-order valence-corrected chi connectivity index (χ0v) is 22.7. The molecule has 170 valence electrons. The van der Waals surface area contributed by atoms with Gasteiger partial charge in [-0.3, -0.25) is 0 Å². The predicted molar refractivity (Wildman–Crippen MR) is 139 cm³/mol. The zero-order chi connectivity index (χ0) is 23.6. The van der Waals surface area contributed by atoms with Crippen molar-refractivity contribution in [3.63, 3.8) is 0 Å². The Hall–Kier alpha value is -1.28. The molecule has 1 fully saturated rings. The van der Waals surface area contributed by atoms with E-state index in [2.05, 4.69) is 118 Å². The van der Waals surface area contributed by atoms with Gasteiger partial charge in [0.05, 0.1) is 11.2 Å². The van der Waals surface area contributed by atoms with Gasteiger partial charge in [-0.2, -0.15) is 0 Å². The molecular formula is C27H43BO2Si. The van der Waals surface area contributed by atoms with E-state index in [0.717, 1.165) is 23.0 Å². The quantitative estimate of drug-likeness (QED) is 0.335. The van der Waals surface area contributed by atoms with E-state index in [1.54, 1.807) is 0 Å². The van der Waals surface area contributed by atoms with Gasteiger partial charge in [-0.25, -0.2) is 0 Å². The van der Waals surface area contributed by atoms with Crippen molar-refractivity contribution in [2.24, 2.45) is 0 Å². The summed E-state index contributed by atoms with van der Waals surface area (Å²) in [5.41, 5.74) is 8.38. The molecule has 0 N–H and O–H groups in total. The highest BCUT2D eigenvalue weighted by atomic mass is 28.3. The van der Waals surface area contributed by atoms with Crippen LogP contribution in [0.1, 0.15) is 88.1 Å². The largest absolute Gasteiger partial charge is 0.491 e. The lowest BCUT2D eigenvalue weighted by Crippen LogP contribution is -2.43. The third kappa shape index (κ3) is 5.05. The van der Waals surface area contributed by atoms with E-state index in [0.29, 0.717) is 16.6 Å². The fourth-order valence-corrected chi connectivity index (χ4v) is 10.2. The van der Waals surface area contributed by atoms with Crippen LogP contribution in [-0.4, -0.2) is 26.4 Å². The fraction of sp³-hybridized carbons (Fsp3) is 0.630. The summed E-state index contributed by atoms with van der Waals surface area (Å²) in [6.07, 6.45) is 0.843. The number of rotatable bonds is 6. The van der Waals surface area contributed by atoms with Gasteiger partial charge in [0.25, 0.3) is 0 Å². The Morgan fingerprint density at radius 1 is 0.871 bits per heavy atom. The summed E-state index contributed by atoms with van der Waals surface area (Å²) in [6.45, 7) is 24.8. The average Bonchev–Trinajstić information content (AvgIpc) is 2.88. The molecule has 1 aromatic rings. The van der Waals surface area contributed by atoms with E-state index >= 15 is 0 Å². The summed E-state index contributed by atoms with van der Waals surface area (Å²) in [5, 5.41) is 0. The van der Waals surface area contributed by atoms with Crippen LogP contribution in [0.2, 0.25) is 16.6 Å². The van der Waals surface area contributed by atoms with Crippen molar-refractivity contribution >= 4 is 20.8 Å². The van der Waals surface area contributed by atoms with Gasteiger partial charge >= 0.3 is 7.12 Å². The summed E-state index contributed by atoms with van der Waals surface area (Å²) in [4.78, 5) is 0. The molecule has 0 atom stereocenters. The van der Waals surface area contributed by atoms with Gasteiger partial charge in [0, 0.05) is 5.57 Å². The lowest BCUT2D eigenvalue weighted by molar-refractivity contribution is 0.00578. The predicted octanol–water partition coefficient (Wildman–Crippen LogP) is 7.70. The van der Waals surface area contributed by atoms with Gasteiger partial charge in [-0.1, -0.05) is 84.7 Å². The van der Waals surface area contributed by atoms with Gasteiger partial charge in [0.2, 0.25) is 0 Å². The van der Waals surface area contributed by atoms with Crippen molar-refractivity contribution in [3.8, 4) is 11.5 Å². The molecule has 2 nitrogen and oxygen atoms in total. The minimum Gasteiger partial charge on any atom is -0.400 e. The Kier molecular flexibility index (Phi) is 8.12. The van der Waals surface area contributed by atoms with Gasteiger partial charge in [-0.15, -0.1) is 5.54 Å². The molecule has 1 aromatic carbocycles. The molecule has 4 heteroatoms. The first-order valence-electron chi connectivity index (χ1n) is 12.0. The Morgan fingerprint density at radius 2 is 1.32 bits per heavy atom. The van der Waals surface area contributed by atoms with Crippen LogP contribution in [0.15, 0.2) is 35.8 Å². The SMILES string of the molecule is CC/C(B1OC(C)(C)C(C)(C)O1)=C(/C#C[Si](C(C)C)(C(C)C)C(C)C)c1ccccc1. The Bertz CT molecular complexity index is 803. The molecule has 1 aliphatic heterocycles. The van der Waals surface area contributed by atoms with Crippen LogP contribution in [0.3, 0.4) is 0 Å². The zero-order valence-electron chi connectivity index (χ0n) is 21.7. The second kappa shape index (κ2) is 9.69. The fourth-order valence-electron chi connectivity index (χ4n) is 4.99. The van der Waals surface area contributed by atoms with Gasteiger partial charge in [0.1, 0.15) is 8.07 Å². The number of hydrogen-bond acceptors (Lipinski definition) is 2. The van der Waals surface area contributed by atoms with Gasteiger partial charge in [0.15, 0.2) is 0 Å². The smallest absolute Gasteiger partial charge is 0.400 e. The molecule has 0 radical (unpaired) electrons. The lowest BCUT2D eigenvalue weighted by atomic mass is 9.72. The van der Waals surface area contributed by atoms with E-state index < -0.39 is 8.07 Å². The topological polar surface area (TPSA) is 18.5 Å². The first kappa shape index (κ1) is 26.0. The lowest BCUT2D eigenvalue weighted by Gasteiger charge is -2.38. The summed E-state index contributed by atoms with van der Waals surface area (Å²) in [6, 6.07) is 10.6. The maximum absolute atomic E-state index is 6.46. The van der Waals surface area contributed by atoms with E-state index in [9.17, 15) is 0 Å². The molecule has 0 aliphatic carbocycles. The molecule has 0 amide bonds. The molecule has 0 bridgehead atoms. The molecule has 0 spiro atoms. The average molecular weight is 439 g/mol. The highest BCUT2D eigenvalue weighted by Gasteiger charge is 2.52. The second-order valence-corrected chi connectivity index (χ2v) is 16.4. The maximum atomic E-state index is 6.46. The van der Waals surface area contributed by atoms with Gasteiger partial charge in [-0.05, 0) is 61.8 Å². The van der Waals surface area contributed by atoms with Crippen LogP contribution in [0, 0.1) is 11.5 Å². The molecule has 2 rings (SSSR count). The first-order valence-corrected chi connectivity index (χ1v) is 14.2. The van der Waals surface area contributed by atoms with E-state index in [-0.39, 0.29) is 18.3 Å². The van der Waals surface area contributed by atoms with Crippen LogP contribution < -0.4 is 0 Å². The van der Waals surface area contributed by atoms with Crippen molar-refractivity contribution in [2.45, 2.75) is 110 Å². The second-order valence-electron chi connectivity index (χ2n) is 10.9. The highest BCUT2D eigenvalue weighted by molar-refractivity contribution is 6.90. The molecule has 0 aromatic heterocycles. The third-order valence-electron chi connectivity index (χ3n) is 7.57. The molecule has 1 heterocycles. The van der Waals surface area contributed by atoms with Crippen molar-refractivity contribution in [2.75, 3.05) is 0 Å². The minimum atomic E-state index is -1.85. The van der Waals surface area contributed by atoms with Crippen LogP contribution in [0.5, 0.6) is 0 Å². The summed E-state index contributed by atoms with van der Waals surface area (Å²) in [7, 11) is -2.22. The number of allylic oxidation sites excluding steroid dienone is 2. The highest BCUT2D eigenvalue weighted by Crippen LogP contribution is 2.42. The number of benzene rings is 1. The Morgan fingerprint density at radius 3 is 1.71 bits per heavy atom. The summed E-state index contributed by atoms with van der Waals surface area (Å²) < 4.78 is 12.9. The molecular weight excluding hydrogens is 395 g/mol. The molecule has 1 saturated heterocycles. The van der Waals surface area contributed by atoms with Crippen LogP contribution in [0.4, 0.5) is 0 Å².